The predicted molar refractivity (Wildman–Crippen MR) is 76.2 cm³/mol. The third-order valence-corrected chi connectivity index (χ3v) is 4.12. The number of amides is 1. The summed E-state index contributed by atoms with van der Waals surface area (Å²) in [5.41, 5.74) is 0.768. The predicted octanol–water partition coefficient (Wildman–Crippen LogP) is 3.19. The first-order valence-electron chi connectivity index (χ1n) is 7.05. The van der Waals surface area contributed by atoms with Crippen molar-refractivity contribution in [2.75, 3.05) is 0 Å². The highest BCUT2D eigenvalue weighted by molar-refractivity contribution is 6.30. The summed E-state index contributed by atoms with van der Waals surface area (Å²) in [7, 11) is 0. The van der Waals surface area contributed by atoms with Crippen LogP contribution in [0.2, 0.25) is 0 Å². The number of halogens is 1. The molecule has 0 radical (unpaired) electrons. The highest BCUT2D eigenvalue weighted by Gasteiger charge is 2.25. The van der Waals surface area contributed by atoms with Crippen LogP contribution in [0.3, 0.4) is 0 Å². The molecule has 1 aliphatic carbocycles. The summed E-state index contributed by atoms with van der Waals surface area (Å²) in [6.07, 6.45) is 9.21. The lowest BCUT2D eigenvalue weighted by Gasteiger charge is -2.24. The molecule has 1 saturated carbocycles. The number of hydrogen-bond acceptors (Lipinski definition) is 2. The van der Waals surface area contributed by atoms with Gasteiger partial charge in [0.2, 0.25) is 5.91 Å². The van der Waals surface area contributed by atoms with Gasteiger partial charge in [-0.3, -0.25) is 4.79 Å². The maximum absolute atomic E-state index is 12.2. The molecular weight excluding hydrogens is 262 g/mol. The minimum Gasteiger partial charge on any atom is -0.352 e. The van der Waals surface area contributed by atoms with Gasteiger partial charge in [-0.1, -0.05) is 19.3 Å². The summed E-state index contributed by atoms with van der Waals surface area (Å²) < 4.78 is 1.94. The van der Waals surface area contributed by atoms with E-state index in [1.54, 1.807) is 12.5 Å². The van der Waals surface area contributed by atoms with Crippen LogP contribution < -0.4 is 5.32 Å². The first kappa shape index (κ1) is 14.4. The molecule has 1 aliphatic rings. The minimum absolute atomic E-state index is 0.101. The molecule has 0 aliphatic heterocycles. The molecule has 1 N–H and O–H groups in total. The largest absolute Gasteiger partial charge is 0.352 e. The summed E-state index contributed by atoms with van der Waals surface area (Å²) in [6, 6.07) is 0.541. The zero-order chi connectivity index (χ0) is 13.8. The molecular formula is C14H22ClN3O. The molecule has 1 unspecified atom stereocenters. The second kappa shape index (κ2) is 6.42. The van der Waals surface area contributed by atoms with Crippen LogP contribution in [-0.4, -0.2) is 21.5 Å². The molecule has 0 aromatic carbocycles. The van der Waals surface area contributed by atoms with Crippen LogP contribution in [-0.2, 0) is 4.79 Å². The van der Waals surface area contributed by atoms with E-state index in [1.165, 1.54) is 19.3 Å². The van der Waals surface area contributed by atoms with Gasteiger partial charge >= 0.3 is 0 Å². The molecule has 19 heavy (non-hydrogen) atoms. The summed E-state index contributed by atoms with van der Waals surface area (Å²) in [5, 5.41) is 2.40. The molecule has 5 heteroatoms. The number of rotatable bonds is 4. The Balaban J connectivity index is 1.99. The number of carbonyl (C=O) groups is 1. The van der Waals surface area contributed by atoms with Gasteiger partial charge < -0.3 is 9.88 Å². The summed E-state index contributed by atoms with van der Waals surface area (Å²) in [4.78, 5) is 16.3. The van der Waals surface area contributed by atoms with E-state index >= 15 is 0 Å². The zero-order valence-electron chi connectivity index (χ0n) is 11.6. The molecule has 4 nitrogen and oxygen atoms in total. The second-order valence-corrected chi connectivity index (χ2v) is 5.96. The average Bonchev–Trinajstić information content (AvgIpc) is 2.88. The smallest absolute Gasteiger partial charge is 0.244 e. The van der Waals surface area contributed by atoms with E-state index in [4.69, 9.17) is 11.6 Å². The zero-order valence-corrected chi connectivity index (χ0v) is 12.4. The third kappa shape index (κ3) is 3.50. The number of hydrogen-bond donors (Lipinski definition) is 1. The summed E-state index contributed by atoms with van der Waals surface area (Å²) in [5.74, 6) is -0.101. The van der Waals surface area contributed by atoms with Gasteiger partial charge in [-0.05, 0) is 26.7 Å². The molecule has 0 spiro atoms. The maximum atomic E-state index is 12.2. The Bertz CT molecular complexity index is 424. The Labute approximate surface area is 119 Å². The van der Waals surface area contributed by atoms with E-state index in [-0.39, 0.29) is 18.0 Å². The van der Waals surface area contributed by atoms with Gasteiger partial charge in [-0.25, -0.2) is 4.98 Å². The first-order chi connectivity index (χ1) is 9.09. The van der Waals surface area contributed by atoms with Crippen LogP contribution in [0.15, 0.2) is 12.5 Å². The van der Waals surface area contributed by atoms with Crippen molar-refractivity contribution in [2.24, 2.45) is 0 Å². The van der Waals surface area contributed by atoms with Gasteiger partial charge in [0.25, 0.3) is 0 Å². The van der Waals surface area contributed by atoms with Crippen molar-refractivity contribution in [3.63, 3.8) is 0 Å². The molecule has 1 fully saturated rings. The van der Waals surface area contributed by atoms with Gasteiger partial charge in [-0.2, -0.15) is 0 Å². The molecule has 1 heterocycles. The van der Waals surface area contributed by atoms with Crippen LogP contribution in [0.1, 0.15) is 63.1 Å². The van der Waals surface area contributed by atoms with Gasteiger partial charge in [0.15, 0.2) is 5.38 Å². The molecule has 1 atom stereocenters. The highest BCUT2D eigenvalue weighted by Crippen LogP contribution is 2.24. The number of aromatic nitrogens is 2. The van der Waals surface area contributed by atoms with Crippen molar-refractivity contribution in [1.29, 1.82) is 0 Å². The Kier molecular flexibility index (Phi) is 4.86. The Morgan fingerprint density at radius 3 is 2.74 bits per heavy atom. The average molecular weight is 284 g/mol. The minimum atomic E-state index is -0.660. The van der Waals surface area contributed by atoms with Crippen LogP contribution in [0.5, 0.6) is 0 Å². The van der Waals surface area contributed by atoms with Crippen LogP contribution in [0.25, 0.3) is 0 Å². The van der Waals surface area contributed by atoms with Crippen molar-refractivity contribution >= 4 is 17.5 Å². The fourth-order valence-corrected chi connectivity index (χ4v) is 2.83. The molecule has 2 rings (SSSR count). The van der Waals surface area contributed by atoms with E-state index in [2.05, 4.69) is 10.3 Å². The van der Waals surface area contributed by atoms with E-state index in [1.807, 2.05) is 18.4 Å². The van der Waals surface area contributed by atoms with Crippen LogP contribution in [0, 0.1) is 0 Å². The molecule has 1 amide bonds. The molecule has 0 saturated heterocycles. The monoisotopic (exact) mass is 283 g/mol. The van der Waals surface area contributed by atoms with E-state index in [9.17, 15) is 4.79 Å². The number of nitrogens with zero attached hydrogens (tertiary/aromatic N) is 2. The standard InChI is InChI=1S/C14H22ClN3O/c1-10(2)18-9-16-8-12(18)13(15)14(19)17-11-6-4-3-5-7-11/h8-11,13H,3-7H2,1-2H3,(H,17,19). The lowest BCUT2D eigenvalue weighted by Crippen LogP contribution is -2.38. The van der Waals surface area contributed by atoms with Crippen molar-refractivity contribution < 1.29 is 4.79 Å². The van der Waals surface area contributed by atoms with Crippen LogP contribution >= 0.6 is 11.6 Å². The fraction of sp³-hybridized carbons (Fsp3) is 0.714. The topological polar surface area (TPSA) is 46.9 Å². The van der Waals surface area contributed by atoms with Crippen molar-refractivity contribution in [3.8, 4) is 0 Å². The maximum Gasteiger partial charge on any atom is 0.244 e. The van der Waals surface area contributed by atoms with Crippen LogP contribution in [0.4, 0.5) is 0 Å². The van der Waals surface area contributed by atoms with Crippen molar-refractivity contribution in [3.05, 3.63) is 18.2 Å². The van der Waals surface area contributed by atoms with Crippen molar-refractivity contribution in [2.45, 2.75) is 63.4 Å². The number of nitrogens with one attached hydrogen (secondary N) is 1. The van der Waals surface area contributed by atoms with Gasteiger partial charge in [0.1, 0.15) is 0 Å². The highest BCUT2D eigenvalue weighted by atomic mass is 35.5. The third-order valence-electron chi connectivity index (χ3n) is 3.69. The molecule has 1 aromatic heterocycles. The second-order valence-electron chi connectivity index (χ2n) is 5.53. The SMILES string of the molecule is CC(C)n1cncc1C(Cl)C(=O)NC1CCCCC1. The molecule has 106 valence electrons. The lowest BCUT2D eigenvalue weighted by molar-refractivity contribution is -0.121. The Morgan fingerprint density at radius 1 is 1.42 bits per heavy atom. The summed E-state index contributed by atoms with van der Waals surface area (Å²) >= 11 is 6.29. The van der Waals surface area contributed by atoms with Crippen molar-refractivity contribution in [1.82, 2.24) is 14.9 Å². The van der Waals surface area contributed by atoms with E-state index in [0.717, 1.165) is 18.5 Å². The van der Waals surface area contributed by atoms with Gasteiger partial charge in [-0.15, -0.1) is 11.6 Å². The fourth-order valence-electron chi connectivity index (χ4n) is 2.60. The lowest BCUT2D eigenvalue weighted by atomic mass is 9.95. The molecule has 1 aromatic rings. The number of imidazole rings is 1. The quantitative estimate of drug-likeness (QED) is 0.863. The Morgan fingerprint density at radius 2 is 2.11 bits per heavy atom. The number of carbonyl (C=O) groups excluding carboxylic acids is 1. The van der Waals surface area contributed by atoms with E-state index in [0.29, 0.717) is 0 Å². The number of alkyl halides is 1. The van der Waals surface area contributed by atoms with Gasteiger partial charge in [0, 0.05) is 12.1 Å². The van der Waals surface area contributed by atoms with E-state index < -0.39 is 5.38 Å². The Hall–Kier alpha value is -1.03. The first-order valence-corrected chi connectivity index (χ1v) is 7.49. The molecule has 0 bridgehead atoms. The summed E-state index contributed by atoms with van der Waals surface area (Å²) in [6.45, 7) is 4.10. The normalized spacial score (nSPS) is 18.5. The van der Waals surface area contributed by atoms with Gasteiger partial charge in [0.05, 0.1) is 18.2 Å².